The van der Waals surface area contributed by atoms with Crippen LogP contribution in [0.3, 0.4) is 0 Å². The molecular formula is C25H28N4O2. The fourth-order valence-electron chi connectivity index (χ4n) is 3.60. The van der Waals surface area contributed by atoms with Gasteiger partial charge in [-0.25, -0.2) is 0 Å². The molecule has 0 atom stereocenters. The van der Waals surface area contributed by atoms with Crippen molar-refractivity contribution in [3.63, 3.8) is 0 Å². The van der Waals surface area contributed by atoms with E-state index in [0.29, 0.717) is 24.5 Å². The Kier molecular flexibility index (Phi) is 7.11. The van der Waals surface area contributed by atoms with Gasteiger partial charge >= 0.3 is 0 Å². The quantitative estimate of drug-likeness (QED) is 0.590. The minimum Gasteiger partial charge on any atom is -0.494 e. The molecule has 3 rings (SSSR count). The molecule has 0 aliphatic heterocycles. The van der Waals surface area contributed by atoms with Crippen molar-refractivity contribution in [3.8, 4) is 17.5 Å². The van der Waals surface area contributed by atoms with Gasteiger partial charge in [0.1, 0.15) is 17.6 Å². The van der Waals surface area contributed by atoms with Crippen LogP contribution < -0.4 is 10.1 Å². The SMILES string of the molecule is CCOc1ccc(CN(C)CC(=O)Nc2c(C#N)c(C)c(C)n2-c2ccccc2)cc1. The number of para-hydroxylation sites is 1. The van der Waals surface area contributed by atoms with E-state index in [0.717, 1.165) is 28.3 Å². The lowest BCUT2D eigenvalue weighted by Gasteiger charge is -2.18. The van der Waals surface area contributed by atoms with Crippen LogP contribution in [0, 0.1) is 25.2 Å². The minimum atomic E-state index is -0.167. The van der Waals surface area contributed by atoms with E-state index < -0.39 is 0 Å². The summed E-state index contributed by atoms with van der Waals surface area (Å²) >= 11 is 0. The van der Waals surface area contributed by atoms with Crippen molar-refractivity contribution in [2.75, 3.05) is 25.5 Å². The highest BCUT2D eigenvalue weighted by Gasteiger charge is 2.21. The van der Waals surface area contributed by atoms with E-state index in [2.05, 4.69) is 11.4 Å². The summed E-state index contributed by atoms with van der Waals surface area (Å²) in [6.45, 7) is 7.28. The van der Waals surface area contributed by atoms with Crippen molar-refractivity contribution in [2.45, 2.75) is 27.3 Å². The van der Waals surface area contributed by atoms with E-state index in [9.17, 15) is 10.1 Å². The first-order valence-electron chi connectivity index (χ1n) is 10.3. The van der Waals surface area contributed by atoms with Crippen molar-refractivity contribution in [1.29, 1.82) is 5.26 Å². The highest BCUT2D eigenvalue weighted by Crippen LogP contribution is 2.29. The maximum Gasteiger partial charge on any atom is 0.239 e. The van der Waals surface area contributed by atoms with Gasteiger partial charge in [-0.15, -0.1) is 0 Å². The molecule has 0 aliphatic carbocycles. The third kappa shape index (κ3) is 5.14. The number of nitrogens with zero attached hydrogens (tertiary/aromatic N) is 3. The van der Waals surface area contributed by atoms with Gasteiger partial charge in [0.15, 0.2) is 0 Å². The molecular weight excluding hydrogens is 388 g/mol. The standard InChI is InChI=1S/C25H28N4O2/c1-5-31-22-13-11-20(12-14-22)16-28(4)17-24(30)27-25-23(15-26)18(2)19(3)29(25)21-9-7-6-8-10-21/h6-14H,5,16-17H2,1-4H3,(H,27,30). The second-order valence-electron chi connectivity index (χ2n) is 7.51. The Hall–Kier alpha value is -3.56. The fraction of sp³-hybridized carbons (Fsp3) is 0.280. The maximum atomic E-state index is 12.8. The minimum absolute atomic E-state index is 0.167. The van der Waals surface area contributed by atoms with E-state index >= 15 is 0 Å². The summed E-state index contributed by atoms with van der Waals surface area (Å²) in [4.78, 5) is 14.8. The van der Waals surface area contributed by atoms with E-state index in [1.165, 1.54) is 0 Å². The summed E-state index contributed by atoms with van der Waals surface area (Å²) in [5, 5.41) is 12.7. The Morgan fingerprint density at radius 3 is 2.42 bits per heavy atom. The fourth-order valence-corrected chi connectivity index (χ4v) is 3.60. The van der Waals surface area contributed by atoms with Gasteiger partial charge in [-0.05, 0) is 63.2 Å². The molecule has 1 amide bonds. The Morgan fingerprint density at radius 1 is 1.13 bits per heavy atom. The summed E-state index contributed by atoms with van der Waals surface area (Å²) in [5.41, 5.74) is 4.28. The molecule has 0 radical (unpaired) electrons. The Balaban J connectivity index is 1.74. The number of carbonyl (C=O) groups is 1. The van der Waals surface area contributed by atoms with Crippen molar-refractivity contribution in [3.05, 3.63) is 77.0 Å². The first-order valence-corrected chi connectivity index (χ1v) is 10.3. The molecule has 31 heavy (non-hydrogen) atoms. The molecule has 6 nitrogen and oxygen atoms in total. The predicted molar refractivity (Wildman–Crippen MR) is 123 cm³/mol. The van der Waals surface area contributed by atoms with Crippen molar-refractivity contribution < 1.29 is 9.53 Å². The van der Waals surface area contributed by atoms with Gasteiger partial charge in [0.05, 0.1) is 18.7 Å². The van der Waals surface area contributed by atoms with Crippen molar-refractivity contribution in [1.82, 2.24) is 9.47 Å². The molecule has 0 bridgehead atoms. The van der Waals surface area contributed by atoms with Crippen LogP contribution in [-0.2, 0) is 11.3 Å². The maximum absolute atomic E-state index is 12.8. The van der Waals surface area contributed by atoms with Crippen molar-refractivity contribution in [2.24, 2.45) is 0 Å². The molecule has 0 saturated carbocycles. The van der Waals surface area contributed by atoms with Crippen LogP contribution in [0.1, 0.15) is 29.3 Å². The van der Waals surface area contributed by atoms with Crippen LogP contribution in [0.15, 0.2) is 54.6 Å². The number of amides is 1. The van der Waals surface area contributed by atoms with E-state index in [4.69, 9.17) is 4.74 Å². The second kappa shape index (κ2) is 9.96. The average Bonchev–Trinajstić information content (AvgIpc) is 2.99. The van der Waals surface area contributed by atoms with Crippen LogP contribution >= 0.6 is 0 Å². The number of hydrogen-bond acceptors (Lipinski definition) is 4. The van der Waals surface area contributed by atoms with E-state index in [1.54, 1.807) is 0 Å². The van der Waals surface area contributed by atoms with Crippen molar-refractivity contribution >= 4 is 11.7 Å². The van der Waals surface area contributed by atoms with Crippen LogP contribution in [0.5, 0.6) is 5.75 Å². The highest BCUT2D eigenvalue weighted by atomic mass is 16.5. The zero-order valence-corrected chi connectivity index (χ0v) is 18.5. The molecule has 1 aromatic heterocycles. The van der Waals surface area contributed by atoms with Crippen LogP contribution in [0.25, 0.3) is 5.69 Å². The number of benzene rings is 2. The molecule has 0 spiro atoms. The molecule has 1 heterocycles. The first kappa shape index (κ1) is 22.1. The highest BCUT2D eigenvalue weighted by molar-refractivity contribution is 5.93. The molecule has 160 valence electrons. The largest absolute Gasteiger partial charge is 0.494 e. The summed E-state index contributed by atoms with van der Waals surface area (Å²) in [6.07, 6.45) is 0. The second-order valence-corrected chi connectivity index (χ2v) is 7.51. The van der Waals surface area contributed by atoms with Gasteiger partial charge < -0.3 is 10.1 Å². The third-order valence-electron chi connectivity index (χ3n) is 5.20. The first-order chi connectivity index (χ1) is 14.9. The number of nitriles is 1. The smallest absolute Gasteiger partial charge is 0.239 e. The van der Waals surface area contributed by atoms with Crippen LogP contribution in [-0.4, -0.2) is 35.6 Å². The summed E-state index contributed by atoms with van der Waals surface area (Å²) < 4.78 is 7.40. The molecule has 2 aromatic carbocycles. The number of rotatable bonds is 8. The van der Waals surface area contributed by atoms with E-state index in [1.807, 2.05) is 91.9 Å². The zero-order chi connectivity index (χ0) is 22.4. The molecule has 0 unspecified atom stereocenters. The topological polar surface area (TPSA) is 70.3 Å². The van der Waals surface area contributed by atoms with Gasteiger partial charge in [-0.2, -0.15) is 5.26 Å². The lowest BCUT2D eigenvalue weighted by Crippen LogP contribution is -2.30. The lowest BCUT2D eigenvalue weighted by atomic mass is 10.2. The van der Waals surface area contributed by atoms with Gasteiger partial charge in [-0.3, -0.25) is 14.3 Å². The molecule has 0 fully saturated rings. The molecule has 3 aromatic rings. The molecule has 0 saturated heterocycles. The Bertz CT molecular complexity index is 1080. The Morgan fingerprint density at radius 2 is 1.81 bits per heavy atom. The van der Waals surface area contributed by atoms with Crippen LogP contribution in [0.4, 0.5) is 5.82 Å². The monoisotopic (exact) mass is 416 g/mol. The number of ether oxygens (including phenoxy) is 1. The number of likely N-dealkylation sites (N-methyl/N-ethyl adjacent to an activating group) is 1. The third-order valence-corrected chi connectivity index (χ3v) is 5.20. The number of anilines is 1. The zero-order valence-electron chi connectivity index (χ0n) is 18.5. The van der Waals surface area contributed by atoms with Crippen LogP contribution in [0.2, 0.25) is 0 Å². The lowest BCUT2D eigenvalue weighted by molar-refractivity contribution is -0.117. The molecule has 6 heteroatoms. The number of carbonyl (C=O) groups excluding carboxylic acids is 1. The number of aromatic nitrogens is 1. The molecule has 0 aliphatic rings. The average molecular weight is 417 g/mol. The van der Waals surface area contributed by atoms with Gasteiger partial charge in [0.25, 0.3) is 0 Å². The number of hydrogen-bond donors (Lipinski definition) is 1. The normalized spacial score (nSPS) is 10.7. The van der Waals surface area contributed by atoms with Gasteiger partial charge in [-0.1, -0.05) is 30.3 Å². The molecule has 1 N–H and O–H groups in total. The Labute approximate surface area is 183 Å². The van der Waals surface area contributed by atoms with E-state index in [-0.39, 0.29) is 12.5 Å². The number of nitrogens with one attached hydrogen (secondary N) is 1. The summed E-state index contributed by atoms with van der Waals surface area (Å²) in [6, 6.07) is 19.9. The predicted octanol–water partition coefficient (Wildman–Crippen LogP) is 4.44. The van der Waals surface area contributed by atoms with Gasteiger partial charge in [0, 0.05) is 17.9 Å². The summed E-state index contributed by atoms with van der Waals surface area (Å²) in [7, 11) is 1.90. The summed E-state index contributed by atoms with van der Waals surface area (Å²) in [5.74, 6) is 1.19. The van der Waals surface area contributed by atoms with Gasteiger partial charge in [0.2, 0.25) is 5.91 Å².